The van der Waals surface area contributed by atoms with Gasteiger partial charge in [-0.1, -0.05) is 19.1 Å². The standard InChI is InChI=1S/C17H23N3O/c1-4-12-5-6-13-8-16(19-15(13)7-12)17(21)18-14-9-20(10-14)11(2)3/h5-8,11,14,19H,4,9-10H2,1-3H3,(H,18,21). The van der Waals surface area contributed by atoms with E-state index in [0.717, 1.165) is 30.4 Å². The van der Waals surface area contributed by atoms with Gasteiger partial charge >= 0.3 is 0 Å². The van der Waals surface area contributed by atoms with E-state index in [2.05, 4.69) is 54.2 Å². The van der Waals surface area contributed by atoms with E-state index in [9.17, 15) is 4.79 Å². The minimum atomic E-state index is -0.00217. The van der Waals surface area contributed by atoms with Gasteiger partial charge < -0.3 is 10.3 Å². The molecule has 1 aromatic carbocycles. The molecular formula is C17H23N3O. The summed E-state index contributed by atoms with van der Waals surface area (Å²) in [6.07, 6.45) is 1.00. The molecule has 0 atom stereocenters. The number of likely N-dealkylation sites (tertiary alicyclic amines) is 1. The third-order valence-electron chi connectivity index (χ3n) is 4.32. The summed E-state index contributed by atoms with van der Waals surface area (Å²) in [6, 6.07) is 9.07. The third-order valence-corrected chi connectivity index (χ3v) is 4.32. The quantitative estimate of drug-likeness (QED) is 0.907. The summed E-state index contributed by atoms with van der Waals surface area (Å²) in [4.78, 5) is 17.9. The lowest BCUT2D eigenvalue weighted by atomic mass is 10.1. The van der Waals surface area contributed by atoms with Crippen molar-refractivity contribution >= 4 is 16.8 Å². The molecule has 2 aromatic rings. The first-order valence-electron chi connectivity index (χ1n) is 7.73. The minimum absolute atomic E-state index is 0.00217. The molecule has 1 aromatic heterocycles. The fraction of sp³-hybridized carbons (Fsp3) is 0.471. The summed E-state index contributed by atoms with van der Waals surface area (Å²) in [5.74, 6) is -0.00217. The number of aromatic nitrogens is 1. The smallest absolute Gasteiger partial charge is 0.268 e. The predicted molar refractivity (Wildman–Crippen MR) is 85.6 cm³/mol. The van der Waals surface area contributed by atoms with E-state index in [1.807, 2.05) is 6.07 Å². The van der Waals surface area contributed by atoms with Crippen LogP contribution in [-0.4, -0.2) is 41.0 Å². The normalized spacial score (nSPS) is 16.4. The first kappa shape index (κ1) is 14.1. The van der Waals surface area contributed by atoms with Crippen LogP contribution < -0.4 is 5.32 Å². The van der Waals surface area contributed by atoms with E-state index < -0.39 is 0 Å². The first-order chi connectivity index (χ1) is 10.1. The number of nitrogens with zero attached hydrogens (tertiary/aromatic N) is 1. The van der Waals surface area contributed by atoms with Crippen molar-refractivity contribution < 1.29 is 4.79 Å². The van der Waals surface area contributed by atoms with Crippen LogP contribution in [0.4, 0.5) is 0 Å². The number of rotatable bonds is 4. The molecule has 0 saturated carbocycles. The van der Waals surface area contributed by atoms with Crippen LogP contribution in [-0.2, 0) is 6.42 Å². The van der Waals surface area contributed by atoms with Crippen molar-refractivity contribution in [3.63, 3.8) is 0 Å². The Hall–Kier alpha value is -1.81. The molecule has 21 heavy (non-hydrogen) atoms. The summed E-state index contributed by atoms with van der Waals surface area (Å²) in [6.45, 7) is 8.39. The van der Waals surface area contributed by atoms with Gasteiger partial charge in [0.05, 0.1) is 6.04 Å². The molecule has 0 aliphatic carbocycles. The van der Waals surface area contributed by atoms with Crippen molar-refractivity contribution in [2.45, 2.75) is 39.3 Å². The molecule has 4 nitrogen and oxygen atoms in total. The Bertz CT molecular complexity index is 653. The Kier molecular flexibility index (Phi) is 3.72. The van der Waals surface area contributed by atoms with Crippen molar-refractivity contribution in [1.29, 1.82) is 0 Å². The maximum Gasteiger partial charge on any atom is 0.268 e. The number of hydrogen-bond donors (Lipinski definition) is 2. The monoisotopic (exact) mass is 285 g/mol. The van der Waals surface area contributed by atoms with Gasteiger partial charge in [-0.15, -0.1) is 0 Å². The third kappa shape index (κ3) is 2.81. The highest BCUT2D eigenvalue weighted by atomic mass is 16.2. The number of hydrogen-bond acceptors (Lipinski definition) is 2. The van der Waals surface area contributed by atoms with Crippen molar-refractivity contribution in [3.05, 3.63) is 35.5 Å². The fourth-order valence-corrected chi connectivity index (χ4v) is 2.81. The molecule has 112 valence electrons. The largest absolute Gasteiger partial charge is 0.351 e. The van der Waals surface area contributed by atoms with Gasteiger partial charge in [0.2, 0.25) is 0 Å². The number of aryl methyl sites for hydroxylation is 1. The van der Waals surface area contributed by atoms with Gasteiger partial charge in [-0.3, -0.25) is 9.69 Å². The SMILES string of the molecule is CCc1ccc2cc(C(=O)NC3CN(C(C)C)C3)[nH]c2c1. The van der Waals surface area contributed by atoms with Crippen molar-refractivity contribution in [2.75, 3.05) is 13.1 Å². The molecule has 2 heterocycles. The molecule has 2 N–H and O–H groups in total. The van der Waals surface area contributed by atoms with Crippen molar-refractivity contribution in [2.24, 2.45) is 0 Å². The van der Waals surface area contributed by atoms with Gasteiger partial charge in [-0.25, -0.2) is 0 Å². The maximum absolute atomic E-state index is 12.3. The van der Waals surface area contributed by atoms with E-state index in [0.29, 0.717) is 11.7 Å². The lowest BCUT2D eigenvalue weighted by molar-refractivity contribution is 0.0711. The summed E-state index contributed by atoms with van der Waals surface area (Å²) < 4.78 is 0. The van der Waals surface area contributed by atoms with Gasteiger partial charge in [0.25, 0.3) is 5.91 Å². The Morgan fingerprint density at radius 1 is 1.38 bits per heavy atom. The van der Waals surface area contributed by atoms with Crippen LogP contribution in [0.15, 0.2) is 24.3 Å². The van der Waals surface area contributed by atoms with Gasteiger partial charge in [-0.05, 0) is 38.0 Å². The summed E-state index contributed by atoms with van der Waals surface area (Å²) in [5, 5.41) is 4.19. The molecule has 4 heteroatoms. The van der Waals surface area contributed by atoms with Gasteiger partial charge in [0.1, 0.15) is 5.69 Å². The minimum Gasteiger partial charge on any atom is -0.351 e. The number of fused-ring (bicyclic) bond motifs is 1. The number of amides is 1. The van der Waals surface area contributed by atoms with Crippen LogP contribution in [0.3, 0.4) is 0 Å². The molecule has 0 spiro atoms. The number of aromatic amines is 1. The van der Waals surface area contributed by atoms with Crippen LogP contribution in [0, 0.1) is 0 Å². The average molecular weight is 285 g/mol. The van der Waals surface area contributed by atoms with Crippen LogP contribution in [0.1, 0.15) is 36.8 Å². The second-order valence-electron chi connectivity index (χ2n) is 6.18. The fourth-order valence-electron chi connectivity index (χ4n) is 2.81. The number of benzene rings is 1. The highest BCUT2D eigenvalue weighted by Crippen LogP contribution is 2.18. The lowest BCUT2D eigenvalue weighted by Crippen LogP contribution is -2.61. The molecule has 1 aliphatic rings. The Balaban J connectivity index is 1.68. The van der Waals surface area contributed by atoms with Crippen LogP contribution in [0.2, 0.25) is 0 Å². The second-order valence-corrected chi connectivity index (χ2v) is 6.18. The molecule has 0 bridgehead atoms. The van der Waals surface area contributed by atoms with Crippen LogP contribution in [0.25, 0.3) is 10.9 Å². The lowest BCUT2D eigenvalue weighted by Gasteiger charge is -2.42. The van der Waals surface area contributed by atoms with E-state index in [-0.39, 0.29) is 11.9 Å². The Labute approximate surface area is 125 Å². The number of nitrogens with one attached hydrogen (secondary N) is 2. The highest BCUT2D eigenvalue weighted by Gasteiger charge is 2.29. The zero-order chi connectivity index (χ0) is 15.0. The van der Waals surface area contributed by atoms with Crippen LogP contribution >= 0.6 is 0 Å². The predicted octanol–water partition coefficient (Wildman–Crippen LogP) is 2.55. The zero-order valence-electron chi connectivity index (χ0n) is 12.9. The van der Waals surface area contributed by atoms with E-state index in [4.69, 9.17) is 0 Å². The molecule has 0 radical (unpaired) electrons. The van der Waals surface area contributed by atoms with Gasteiger partial charge in [0, 0.05) is 30.0 Å². The average Bonchev–Trinajstić information content (AvgIpc) is 2.84. The molecule has 1 aliphatic heterocycles. The van der Waals surface area contributed by atoms with E-state index >= 15 is 0 Å². The number of carbonyl (C=O) groups is 1. The Morgan fingerprint density at radius 2 is 2.14 bits per heavy atom. The molecule has 0 unspecified atom stereocenters. The molecule has 1 amide bonds. The summed E-state index contributed by atoms with van der Waals surface area (Å²) in [7, 11) is 0. The Morgan fingerprint density at radius 3 is 2.81 bits per heavy atom. The molecule has 1 saturated heterocycles. The molecular weight excluding hydrogens is 262 g/mol. The van der Waals surface area contributed by atoms with Gasteiger partial charge in [-0.2, -0.15) is 0 Å². The van der Waals surface area contributed by atoms with Crippen molar-refractivity contribution in [3.8, 4) is 0 Å². The van der Waals surface area contributed by atoms with E-state index in [1.165, 1.54) is 5.56 Å². The second kappa shape index (κ2) is 5.53. The number of H-pyrrole nitrogens is 1. The first-order valence-corrected chi connectivity index (χ1v) is 7.73. The number of carbonyl (C=O) groups excluding carboxylic acids is 1. The van der Waals surface area contributed by atoms with Gasteiger partial charge in [0.15, 0.2) is 0 Å². The van der Waals surface area contributed by atoms with E-state index in [1.54, 1.807) is 0 Å². The topological polar surface area (TPSA) is 48.1 Å². The molecule has 1 fully saturated rings. The highest BCUT2D eigenvalue weighted by molar-refractivity contribution is 5.98. The molecule has 3 rings (SSSR count). The van der Waals surface area contributed by atoms with Crippen molar-refractivity contribution in [1.82, 2.24) is 15.2 Å². The zero-order valence-corrected chi connectivity index (χ0v) is 12.9. The summed E-state index contributed by atoms with van der Waals surface area (Å²) in [5.41, 5.74) is 2.97. The summed E-state index contributed by atoms with van der Waals surface area (Å²) >= 11 is 0. The van der Waals surface area contributed by atoms with Crippen LogP contribution in [0.5, 0.6) is 0 Å². The maximum atomic E-state index is 12.3.